The zero-order valence-corrected chi connectivity index (χ0v) is 5.60. The Morgan fingerprint density at radius 2 is 1.75 bits per heavy atom. The van der Waals surface area contributed by atoms with Crippen LogP contribution in [0.15, 0.2) is 12.3 Å². The lowest BCUT2D eigenvalue weighted by molar-refractivity contribution is -0.173. The number of alkyl halides is 3. The maximum Gasteiger partial charge on any atom is 0.471 e. The summed E-state index contributed by atoms with van der Waals surface area (Å²) >= 11 is 0. The van der Waals surface area contributed by atoms with E-state index >= 15 is 0 Å². The number of carboxylic acid groups (broad SMARTS) is 1. The Morgan fingerprint density at radius 1 is 1.33 bits per heavy atom. The third-order valence-electron chi connectivity index (χ3n) is 0.780. The molecule has 0 heterocycles. The van der Waals surface area contributed by atoms with Gasteiger partial charge in [0, 0.05) is 0 Å². The van der Waals surface area contributed by atoms with Crippen molar-refractivity contribution in [1.29, 1.82) is 0 Å². The van der Waals surface area contributed by atoms with Gasteiger partial charge in [0.15, 0.2) is 0 Å². The van der Waals surface area contributed by atoms with Crippen molar-refractivity contribution in [1.82, 2.24) is 5.32 Å². The number of amides is 1. The monoisotopic (exact) mass is 183 g/mol. The zero-order chi connectivity index (χ0) is 9.94. The fraction of sp³-hybridized carbons (Fsp3) is 0.200. The molecule has 2 N–H and O–H groups in total. The minimum Gasteiger partial charge on any atom is -0.477 e. The van der Waals surface area contributed by atoms with Gasteiger partial charge in [-0.15, -0.1) is 0 Å². The molecule has 0 unspecified atom stereocenters. The molecule has 0 fully saturated rings. The maximum atomic E-state index is 11.4. The molecule has 0 bridgehead atoms. The topological polar surface area (TPSA) is 66.4 Å². The Bertz CT molecular complexity index is 233. The van der Waals surface area contributed by atoms with Crippen LogP contribution in [-0.4, -0.2) is 23.2 Å². The normalized spacial score (nSPS) is 10.6. The summed E-state index contributed by atoms with van der Waals surface area (Å²) in [5, 5.41) is 9.08. The Labute approximate surface area is 64.7 Å². The summed E-state index contributed by atoms with van der Waals surface area (Å²) in [5.41, 5.74) is -1.02. The van der Waals surface area contributed by atoms with E-state index in [2.05, 4.69) is 6.58 Å². The van der Waals surface area contributed by atoms with Crippen LogP contribution in [0.5, 0.6) is 0 Å². The van der Waals surface area contributed by atoms with Gasteiger partial charge in [0.2, 0.25) is 0 Å². The van der Waals surface area contributed by atoms with E-state index in [-0.39, 0.29) is 0 Å². The summed E-state index contributed by atoms with van der Waals surface area (Å²) in [6.07, 6.45) is -5.10. The lowest BCUT2D eigenvalue weighted by Gasteiger charge is -2.06. The number of nitrogens with one attached hydrogen (secondary N) is 1. The third kappa shape index (κ3) is 3.04. The lowest BCUT2D eigenvalue weighted by atomic mass is 10.4. The Balaban J connectivity index is 4.21. The van der Waals surface area contributed by atoms with Crippen LogP contribution < -0.4 is 5.32 Å². The second kappa shape index (κ2) is 3.24. The van der Waals surface area contributed by atoms with Gasteiger partial charge in [-0.3, -0.25) is 4.79 Å². The number of rotatable bonds is 2. The summed E-state index contributed by atoms with van der Waals surface area (Å²) in [6, 6.07) is 0. The van der Waals surface area contributed by atoms with Crippen molar-refractivity contribution >= 4 is 11.9 Å². The van der Waals surface area contributed by atoms with Crippen molar-refractivity contribution in [2.24, 2.45) is 0 Å². The van der Waals surface area contributed by atoms with E-state index in [0.29, 0.717) is 0 Å². The van der Waals surface area contributed by atoms with Gasteiger partial charge in [0.25, 0.3) is 0 Å². The van der Waals surface area contributed by atoms with Crippen molar-refractivity contribution < 1.29 is 27.9 Å². The van der Waals surface area contributed by atoms with Crippen LogP contribution in [0.4, 0.5) is 13.2 Å². The molecule has 1 amide bonds. The lowest BCUT2D eigenvalue weighted by Crippen LogP contribution is -2.37. The average Bonchev–Trinajstić information content (AvgIpc) is 1.85. The van der Waals surface area contributed by atoms with Crippen molar-refractivity contribution in [2.75, 3.05) is 0 Å². The number of hydrogen-bond acceptors (Lipinski definition) is 2. The minimum absolute atomic E-state index is 1.02. The van der Waals surface area contributed by atoms with Gasteiger partial charge >= 0.3 is 18.1 Å². The first-order chi connectivity index (χ1) is 5.25. The maximum absolute atomic E-state index is 11.4. The van der Waals surface area contributed by atoms with E-state index < -0.39 is 23.7 Å². The molecule has 12 heavy (non-hydrogen) atoms. The van der Waals surface area contributed by atoms with Crippen LogP contribution in [0, 0.1) is 0 Å². The van der Waals surface area contributed by atoms with Gasteiger partial charge < -0.3 is 10.4 Å². The molecular weight excluding hydrogens is 179 g/mol. The van der Waals surface area contributed by atoms with Gasteiger partial charge in [-0.1, -0.05) is 6.58 Å². The first-order valence-corrected chi connectivity index (χ1v) is 2.55. The largest absolute Gasteiger partial charge is 0.477 e. The molecule has 0 aliphatic rings. The molecule has 0 rings (SSSR count). The van der Waals surface area contributed by atoms with E-state index in [1.165, 1.54) is 0 Å². The number of hydrogen-bond donors (Lipinski definition) is 2. The number of carbonyl (C=O) groups is 2. The van der Waals surface area contributed by atoms with Crippen LogP contribution in [0.2, 0.25) is 0 Å². The molecule has 0 aromatic heterocycles. The van der Waals surface area contributed by atoms with Crippen molar-refractivity contribution in [2.45, 2.75) is 6.18 Å². The smallest absolute Gasteiger partial charge is 0.471 e. The predicted octanol–water partition coefficient (Wildman–Crippen LogP) is 0.263. The molecule has 0 aliphatic heterocycles. The van der Waals surface area contributed by atoms with Crippen molar-refractivity contribution in [3.63, 3.8) is 0 Å². The molecular formula is C5H4F3NO3. The summed E-state index contributed by atoms with van der Waals surface area (Å²) in [4.78, 5) is 19.9. The van der Waals surface area contributed by atoms with Crippen molar-refractivity contribution in [3.8, 4) is 0 Å². The average molecular weight is 183 g/mol. The van der Waals surface area contributed by atoms with E-state index in [4.69, 9.17) is 5.11 Å². The molecule has 0 spiro atoms. The van der Waals surface area contributed by atoms with Gasteiger partial charge in [0.1, 0.15) is 5.70 Å². The minimum atomic E-state index is -5.10. The molecule has 68 valence electrons. The highest BCUT2D eigenvalue weighted by Gasteiger charge is 2.39. The number of halogens is 3. The second-order valence-electron chi connectivity index (χ2n) is 1.74. The second-order valence-corrected chi connectivity index (χ2v) is 1.74. The standard InChI is InChI=1S/C5H4F3NO3/c1-2(3(10)11)9-4(12)5(6,7)8/h1H2,(H,9,12)(H,10,11). The highest BCUT2D eigenvalue weighted by atomic mass is 19.4. The number of carbonyl (C=O) groups excluding carboxylic acids is 1. The van der Waals surface area contributed by atoms with Crippen LogP contribution in [0.1, 0.15) is 0 Å². The Morgan fingerprint density at radius 3 is 2.00 bits per heavy atom. The fourth-order valence-corrected chi connectivity index (χ4v) is 0.261. The van der Waals surface area contributed by atoms with Crippen LogP contribution in [0.3, 0.4) is 0 Å². The number of aliphatic carboxylic acids is 1. The Hall–Kier alpha value is -1.53. The molecule has 4 nitrogen and oxygen atoms in total. The summed E-state index contributed by atoms with van der Waals surface area (Å²) in [6.45, 7) is 2.68. The predicted molar refractivity (Wildman–Crippen MR) is 31.0 cm³/mol. The molecule has 7 heteroatoms. The van der Waals surface area contributed by atoms with Crippen LogP contribution >= 0.6 is 0 Å². The highest BCUT2D eigenvalue weighted by molar-refractivity contribution is 5.93. The van der Waals surface area contributed by atoms with Gasteiger partial charge in [-0.25, -0.2) is 4.79 Å². The first kappa shape index (κ1) is 10.5. The van der Waals surface area contributed by atoms with E-state index in [1.54, 1.807) is 0 Å². The van der Waals surface area contributed by atoms with Crippen molar-refractivity contribution in [3.05, 3.63) is 12.3 Å². The van der Waals surface area contributed by atoms with E-state index in [0.717, 1.165) is 5.32 Å². The molecule has 0 atom stereocenters. The van der Waals surface area contributed by atoms with Gasteiger partial charge in [-0.2, -0.15) is 13.2 Å². The quantitative estimate of drug-likeness (QED) is 0.603. The zero-order valence-electron chi connectivity index (χ0n) is 5.60. The fourth-order valence-electron chi connectivity index (χ4n) is 0.261. The SMILES string of the molecule is C=C(NC(=O)C(F)(F)F)C(=O)O. The summed E-state index contributed by atoms with van der Waals surface area (Å²) < 4.78 is 34.3. The molecule has 0 aromatic rings. The summed E-state index contributed by atoms with van der Waals surface area (Å²) in [5.74, 6) is -4.07. The number of carboxylic acids is 1. The molecule has 0 aromatic carbocycles. The molecule has 0 saturated heterocycles. The highest BCUT2D eigenvalue weighted by Crippen LogP contribution is 2.14. The molecule has 0 saturated carbocycles. The first-order valence-electron chi connectivity index (χ1n) is 2.55. The summed E-state index contributed by atoms with van der Waals surface area (Å²) in [7, 11) is 0. The van der Waals surface area contributed by atoms with Crippen LogP contribution in [-0.2, 0) is 9.59 Å². The van der Waals surface area contributed by atoms with Gasteiger partial charge in [0.05, 0.1) is 0 Å². The van der Waals surface area contributed by atoms with E-state index in [1.807, 2.05) is 0 Å². The molecule has 0 radical (unpaired) electrons. The van der Waals surface area contributed by atoms with E-state index in [9.17, 15) is 22.8 Å². The molecule has 0 aliphatic carbocycles. The Kier molecular flexibility index (Phi) is 2.83. The van der Waals surface area contributed by atoms with Crippen LogP contribution in [0.25, 0.3) is 0 Å². The van der Waals surface area contributed by atoms with Gasteiger partial charge in [-0.05, 0) is 0 Å². The third-order valence-corrected chi connectivity index (χ3v) is 0.780.